The van der Waals surface area contributed by atoms with E-state index in [9.17, 15) is 4.79 Å². The molecule has 126 valence electrons. The quantitative estimate of drug-likeness (QED) is 0.703. The van der Waals surface area contributed by atoms with Crippen molar-refractivity contribution < 1.29 is 9.53 Å². The van der Waals surface area contributed by atoms with Gasteiger partial charge in [0.1, 0.15) is 12.4 Å². The van der Waals surface area contributed by atoms with Crippen LogP contribution in [0, 0.1) is 13.8 Å². The Hall–Kier alpha value is -3.07. The monoisotopic (exact) mass is 331 g/mol. The van der Waals surface area contributed by atoms with Crippen LogP contribution in [0.5, 0.6) is 5.75 Å². The van der Waals surface area contributed by atoms with E-state index in [1.165, 1.54) is 5.56 Å². The van der Waals surface area contributed by atoms with Gasteiger partial charge in [0.05, 0.1) is 0 Å². The average molecular weight is 331 g/mol. The summed E-state index contributed by atoms with van der Waals surface area (Å²) in [5, 5.41) is 2.94. The molecular weight excluding hydrogens is 310 g/mol. The number of rotatable bonds is 5. The molecule has 3 nitrogen and oxygen atoms in total. The van der Waals surface area contributed by atoms with Gasteiger partial charge in [-0.05, 0) is 55.3 Å². The number of amides is 1. The number of ether oxygens (including phenoxy) is 1. The van der Waals surface area contributed by atoms with Crippen molar-refractivity contribution in [1.82, 2.24) is 0 Å². The zero-order valence-electron chi connectivity index (χ0n) is 14.5. The number of hydrogen-bond acceptors (Lipinski definition) is 2. The molecule has 25 heavy (non-hydrogen) atoms. The minimum Gasteiger partial charge on any atom is -0.489 e. The van der Waals surface area contributed by atoms with E-state index in [1.54, 1.807) is 0 Å². The maximum atomic E-state index is 12.3. The fourth-order valence-electron chi connectivity index (χ4n) is 2.46. The molecule has 3 rings (SSSR count). The fourth-order valence-corrected chi connectivity index (χ4v) is 2.46. The summed E-state index contributed by atoms with van der Waals surface area (Å²) in [6.07, 6.45) is 0. The summed E-state index contributed by atoms with van der Waals surface area (Å²) in [5.41, 5.74) is 4.73. The zero-order chi connectivity index (χ0) is 17.6. The van der Waals surface area contributed by atoms with E-state index in [0.29, 0.717) is 12.2 Å². The van der Waals surface area contributed by atoms with Gasteiger partial charge in [0.25, 0.3) is 5.91 Å². The van der Waals surface area contributed by atoms with Crippen LogP contribution >= 0.6 is 0 Å². The summed E-state index contributed by atoms with van der Waals surface area (Å²) in [5.74, 6) is 0.729. The van der Waals surface area contributed by atoms with Crippen LogP contribution in [0.4, 0.5) is 5.69 Å². The topological polar surface area (TPSA) is 38.3 Å². The van der Waals surface area contributed by atoms with Crippen molar-refractivity contribution in [1.29, 1.82) is 0 Å². The van der Waals surface area contributed by atoms with E-state index in [-0.39, 0.29) is 5.91 Å². The first-order valence-corrected chi connectivity index (χ1v) is 8.27. The van der Waals surface area contributed by atoms with Gasteiger partial charge in [0.2, 0.25) is 0 Å². The lowest BCUT2D eigenvalue weighted by atomic mass is 10.1. The number of carbonyl (C=O) groups excluding carboxylic acids is 1. The van der Waals surface area contributed by atoms with Gasteiger partial charge in [0, 0.05) is 11.3 Å². The summed E-state index contributed by atoms with van der Waals surface area (Å²) >= 11 is 0. The Morgan fingerprint density at radius 1 is 0.880 bits per heavy atom. The molecule has 0 aliphatic rings. The first-order valence-electron chi connectivity index (χ1n) is 8.27. The third-order valence-electron chi connectivity index (χ3n) is 4.04. The van der Waals surface area contributed by atoms with Crippen molar-refractivity contribution >= 4 is 11.6 Å². The number of carbonyl (C=O) groups is 1. The van der Waals surface area contributed by atoms with Crippen molar-refractivity contribution in [2.75, 3.05) is 5.32 Å². The van der Waals surface area contributed by atoms with Gasteiger partial charge in [0.15, 0.2) is 0 Å². The predicted octanol–water partition coefficient (Wildman–Crippen LogP) is 5.13. The van der Waals surface area contributed by atoms with Gasteiger partial charge >= 0.3 is 0 Å². The molecule has 0 saturated heterocycles. The molecule has 3 aromatic carbocycles. The number of nitrogens with one attached hydrogen (secondary N) is 1. The third-order valence-corrected chi connectivity index (χ3v) is 4.04. The highest BCUT2D eigenvalue weighted by Crippen LogP contribution is 2.16. The van der Waals surface area contributed by atoms with E-state index in [4.69, 9.17) is 4.74 Å². The molecule has 0 radical (unpaired) electrons. The molecule has 0 saturated carbocycles. The van der Waals surface area contributed by atoms with Crippen molar-refractivity contribution in [3.05, 3.63) is 95.1 Å². The second-order valence-electron chi connectivity index (χ2n) is 6.07. The fraction of sp³-hybridized carbons (Fsp3) is 0.136. The van der Waals surface area contributed by atoms with Crippen LogP contribution < -0.4 is 10.1 Å². The molecule has 0 aliphatic carbocycles. The number of hydrogen-bond donors (Lipinski definition) is 1. The van der Waals surface area contributed by atoms with Gasteiger partial charge in [-0.2, -0.15) is 0 Å². The van der Waals surface area contributed by atoms with Crippen LogP contribution in [-0.4, -0.2) is 5.91 Å². The Bertz CT molecular complexity index is 852. The smallest absolute Gasteiger partial charge is 0.255 e. The van der Waals surface area contributed by atoms with Gasteiger partial charge in [-0.1, -0.05) is 48.0 Å². The van der Waals surface area contributed by atoms with Crippen LogP contribution in [0.3, 0.4) is 0 Å². The normalized spacial score (nSPS) is 10.3. The average Bonchev–Trinajstić information content (AvgIpc) is 2.63. The van der Waals surface area contributed by atoms with E-state index in [0.717, 1.165) is 22.6 Å². The van der Waals surface area contributed by atoms with E-state index in [1.807, 2.05) is 86.6 Å². The minimum absolute atomic E-state index is 0.111. The molecule has 1 N–H and O–H groups in total. The highest BCUT2D eigenvalue weighted by Gasteiger charge is 2.07. The molecule has 0 unspecified atom stereocenters. The second-order valence-corrected chi connectivity index (χ2v) is 6.07. The summed E-state index contributed by atoms with van der Waals surface area (Å²) in [6.45, 7) is 4.49. The second kappa shape index (κ2) is 7.67. The lowest BCUT2D eigenvalue weighted by Gasteiger charge is -2.09. The Morgan fingerprint density at radius 2 is 1.56 bits per heavy atom. The first-order chi connectivity index (χ1) is 12.1. The number of para-hydroxylation sites is 1. The molecule has 3 heteroatoms. The highest BCUT2D eigenvalue weighted by atomic mass is 16.5. The van der Waals surface area contributed by atoms with Gasteiger partial charge in [-0.3, -0.25) is 4.79 Å². The van der Waals surface area contributed by atoms with E-state index < -0.39 is 0 Å². The van der Waals surface area contributed by atoms with Crippen LogP contribution in [0.15, 0.2) is 72.8 Å². The minimum atomic E-state index is -0.111. The highest BCUT2D eigenvalue weighted by molar-refractivity contribution is 6.04. The molecule has 0 atom stereocenters. The summed E-state index contributed by atoms with van der Waals surface area (Å²) in [7, 11) is 0. The molecule has 0 fully saturated rings. The number of benzene rings is 3. The Balaban J connectivity index is 1.60. The maximum absolute atomic E-state index is 12.3. The molecule has 0 heterocycles. The van der Waals surface area contributed by atoms with Crippen LogP contribution in [0.1, 0.15) is 27.0 Å². The van der Waals surface area contributed by atoms with Gasteiger partial charge < -0.3 is 10.1 Å². The van der Waals surface area contributed by atoms with Crippen LogP contribution in [0.2, 0.25) is 0 Å². The zero-order valence-corrected chi connectivity index (χ0v) is 14.5. The lowest BCUT2D eigenvalue weighted by Crippen LogP contribution is -2.12. The van der Waals surface area contributed by atoms with Crippen molar-refractivity contribution in [3.8, 4) is 5.75 Å². The van der Waals surface area contributed by atoms with Crippen molar-refractivity contribution in [2.45, 2.75) is 20.5 Å². The van der Waals surface area contributed by atoms with E-state index >= 15 is 0 Å². The molecule has 0 aliphatic heterocycles. The number of aryl methyl sites for hydroxylation is 2. The van der Waals surface area contributed by atoms with Crippen molar-refractivity contribution in [3.63, 3.8) is 0 Å². The Morgan fingerprint density at radius 3 is 2.24 bits per heavy atom. The maximum Gasteiger partial charge on any atom is 0.255 e. The molecule has 3 aromatic rings. The molecule has 0 aromatic heterocycles. The predicted molar refractivity (Wildman–Crippen MR) is 101 cm³/mol. The summed E-state index contributed by atoms with van der Waals surface area (Å²) in [6, 6.07) is 23.2. The van der Waals surface area contributed by atoms with Crippen molar-refractivity contribution in [2.24, 2.45) is 0 Å². The van der Waals surface area contributed by atoms with E-state index in [2.05, 4.69) is 5.32 Å². The summed E-state index contributed by atoms with van der Waals surface area (Å²) in [4.78, 5) is 12.3. The molecule has 0 bridgehead atoms. The number of anilines is 1. The largest absolute Gasteiger partial charge is 0.489 e. The Kier molecular flexibility index (Phi) is 5.14. The van der Waals surface area contributed by atoms with Crippen LogP contribution in [-0.2, 0) is 6.61 Å². The molecular formula is C22H21NO2. The molecule has 1 amide bonds. The third kappa shape index (κ3) is 4.48. The standard InChI is InChI=1S/C22H21NO2/c1-16-7-13-20(14-8-16)25-15-18-9-11-19(12-10-18)22(24)23-21-6-4-3-5-17(21)2/h3-14H,15H2,1-2H3,(H,23,24). The summed E-state index contributed by atoms with van der Waals surface area (Å²) < 4.78 is 5.76. The SMILES string of the molecule is Cc1ccc(OCc2ccc(C(=O)Nc3ccccc3C)cc2)cc1. The van der Waals surface area contributed by atoms with Gasteiger partial charge in [-0.15, -0.1) is 0 Å². The Labute approximate surface area is 148 Å². The van der Waals surface area contributed by atoms with Gasteiger partial charge in [-0.25, -0.2) is 0 Å². The lowest BCUT2D eigenvalue weighted by molar-refractivity contribution is 0.102. The molecule has 0 spiro atoms. The van der Waals surface area contributed by atoms with Crippen LogP contribution in [0.25, 0.3) is 0 Å². The first kappa shape index (κ1) is 16.8.